The first kappa shape index (κ1) is 24.9. The van der Waals surface area contributed by atoms with E-state index in [0.717, 1.165) is 64.0 Å². The molecule has 32 heavy (non-hydrogen) atoms. The van der Waals surface area contributed by atoms with E-state index in [0.29, 0.717) is 18.4 Å². The van der Waals surface area contributed by atoms with Gasteiger partial charge in [-0.25, -0.2) is 8.42 Å². The van der Waals surface area contributed by atoms with Crippen LogP contribution >= 0.6 is 0 Å². The van der Waals surface area contributed by atoms with E-state index in [1.54, 1.807) is 14.2 Å². The van der Waals surface area contributed by atoms with Crippen molar-refractivity contribution in [1.82, 2.24) is 9.62 Å². The van der Waals surface area contributed by atoms with Crippen molar-refractivity contribution >= 4 is 10.0 Å². The van der Waals surface area contributed by atoms with Crippen molar-refractivity contribution in [2.75, 3.05) is 33.9 Å². The number of sulfonamides is 1. The van der Waals surface area contributed by atoms with Crippen molar-refractivity contribution in [1.29, 1.82) is 0 Å². The molecule has 0 aromatic heterocycles. The zero-order valence-corrected chi connectivity index (χ0v) is 21.3. The number of hydrogen-bond donors (Lipinski definition) is 1. The molecule has 0 bridgehead atoms. The van der Waals surface area contributed by atoms with E-state index < -0.39 is 10.0 Å². The molecule has 3 saturated carbocycles. The number of methoxy groups -OCH3 is 2. The Balaban J connectivity index is 1.57. The second-order valence-corrected chi connectivity index (χ2v) is 13.3. The van der Waals surface area contributed by atoms with E-state index in [1.165, 1.54) is 25.7 Å². The molecule has 0 radical (unpaired) electrons. The van der Waals surface area contributed by atoms with Crippen LogP contribution in [-0.2, 0) is 19.5 Å². The summed E-state index contributed by atoms with van der Waals surface area (Å²) in [6.45, 7) is 4.59. The van der Waals surface area contributed by atoms with Crippen LogP contribution in [-0.4, -0.2) is 70.1 Å². The lowest BCUT2D eigenvalue weighted by Gasteiger charge is -2.46. The Morgan fingerprint density at radius 2 is 1.47 bits per heavy atom. The molecule has 4 rings (SSSR count). The van der Waals surface area contributed by atoms with Gasteiger partial charge in [0.15, 0.2) is 0 Å². The van der Waals surface area contributed by atoms with Crippen LogP contribution in [0, 0.1) is 23.7 Å². The Morgan fingerprint density at radius 1 is 0.844 bits per heavy atom. The highest BCUT2D eigenvalue weighted by Gasteiger charge is 2.46. The molecule has 186 valence electrons. The van der Waals surface area contributed by atoms with Crippen LogP contribution in [0.2, 0.25) is 0 Å². The molecule has 0 aromatic carbocycles. The standard InChI is InChI=1S/C25H46N2O4S/c1-18-14-24(30-2)23(25(15-18)31-3)17-27(21-10-12-26-13-11-21)32(28,29)22-9-8-19-6-4-5-7-20(19)16-22/h18-26H,4-17H2,1-3H3. The molecule has 5 unspecified atom stereocenters. The molecule has 6 nitrogen and oxygen atoms in total. The lowest BCUT2D eigenvalue weighted by Crippen LogP contribution is -2.55. The van der Waals surface area contributed by atoms with Gasteiger partial charge in [-0.1, -0.05) is 32.6 Å². The molecular weight excluding hydrogens is 424 g/mol. The molecule has 1 N–H and O–H groups in total. The molecule has 5 atom stereocenters. The molecule has 7 heteroatoms. The van der Waals surface area contributed by atoms with Gasteiger partial charge in [0.2, 0.25) is 10.0 Å². The number of nitrogens with one attached hydrogen (secondary N) is 1. The van der Waals surface area contributed by atoms with Gasteiger partial charge in [0.25, 0.3) is 0 Å². The molecular formula is C25H46N2O4S. The Hall–Kier alpha value is -0.210. The highest BCUT2D eigenvalue weighted by atomic mass is 32.2. The van der Waals surface area contributed by atoms with Crippen LogP contribution in [0.1, 0.15) is 77.6 Å². The summed E-state index contributed by atoms with van der Waals surface area (Å²) in [6, 6.07) is 0.0969. The van der Waals surface area contributed by atoms with E-state index in [1.807, 2.05) is 4.31 Å². The number of rotatable bonds is 7. The fourth-order valence-corrected chi connectivity index (χ4v) is 9.62. The molecule has 1 heterocycles. The molecule has 4 fully saturated rings. The summed E-state index contributed by atoms with van der Waals surface area (Å²) in [6.07, 6.45) is 11.8. The third kappa shape index (κ3) is 5.37. The van der Waals surface area contributed by atoms with Gasteiger partial charge in [-0.3, -0.25) is 0 Å². The molecule has 1 aliphatic heterocycles. The van der Waals surface area contributed by atoms with Crippen LogP contribution in [0.5, 0.6) is 0 Å². The van der Waals surface area contributed by atoms with Crippen LogP contribution in [0.4, 0.5) is 0 Å². The lowest BCUT2D eigenvalue weighted by atomic mass is 9.71. The third-order valence-corrected chi connectivity index (χ3v) is 11.5. The molecule has 3 aliphatic carbocycles. The van der Waals surface area contributed by atoms with Crippen LogP contribution in [0.15, 0.2) is 0 Å². The van der Waals surface area contributed by atoms with Crippen LogP contribution in [0.3, 0.4) is 0 Å². The van der Waals surface area contributed by atoms with Gasteiger partial charge in [0.1, 0.15) is 0 Å². The van der Waals surface area contributed by atoms with E-state index in [4.69, 9.17) is 9.47 Å². The molecule has 1 saturated heterocycles. The third-order valence-electron chi connectivity index (χ3n) is 9.18. The summed E-state index contributed by atoms with van der Waals surface area (Å²) in [7, 11) is 0.192. The summed E-state index contributed by atoms with van der Waals surface area (Å²) in [5.74, 6) is 2.00. The van der Waals surface area contributed by atoms with Crippen molar-refractivity contribution < 1.29 is 17.9 Å². The first-order valence-electron chi connectivity index (χ1n) is 13.2. The Bertz CT molecular complexity index is 682. The van der Waals surface area contributed by atoms with Crippen molar-refractivity contribution in [3.63, 3.8) is 0 Å². The van der Waals surface area contributed by atoms with Gasteiger partial charge in [0.05, 0.1) is 17.5 Å². The second-order valence-electron chi connectivity index (χ2n) is 11.1. The second kappa shape index (κ2) is 11.0. The summed E-state index contributed by atoms with van der Waals surface area (Å²) in [5.41, 5.74) is 0. The van der Waals surface area contributed by atoms with Crippen molar-refractivity contribution in [2.45, 2.75) is 101 Å². The number of ether oxygens (including phenoxy) is 2. The van der Waals surface area contributed by atoms with Gasteiger partial charge in [0, 0.05) is 32.7 Å². The maximum Gasteiger partial charge on any atom is 0.217 e. The molecule has 0 amide bonds. The number of fused-ring (bicyclic) bond motifs is 1. The van der Waals surface area contributed by atoms with E-state index in [9.17, 15) is 8.42 Å². The highest BCUT2D eigenvalue weighted by molar-refractivity contribution is 7.89. The predicted octanol–water partition coefficient (Wildman–Crippen LogP) is 3.81. The molecule has 0 aromatic rings. The van der Waals surface area contributed by atoms with Crippen LogP contribution < -0.4 is 5.32 Å². The minimum atomic E-state index is -3.36. The minimum absolute atomic E-state index is 0.0530. The monoisotopic (exact) mass is 470 g/mol. The zero-order valence-electron chi connectivity index (χ0n) is 20.5. The molecule has 0 spiro atoms. The van der Waals surface area contributed by atoms with Gasteiger partial charge < -0.3 is 14.8 Å². The maximum absolute atomic E-state index is 14.2. The van der Waals surface area contributed by atoms with Gasteiger partial charge in [-0.05, 0) is 75.8 Å². The van der Waals surface area contributed by atoms with Gasteiger partial charge in [-0.15, -0.1) is 0 Å². The predicted molar refractivity (Wildman–Crippen MR) is 128 cm³/mol. The summed E-state index contributed by atoms with van der Waals surface area (Å²) in [4.78, 5) is 0. The quantitative estimate of drug-likeness (QED) is 0.613. The fraction of sp³-hybridized carbons (Fsp3) is 1.00. The minimum Gasteiger partial charge on any atom is -0.381 e. The Morgan fingerprint density at radius 3 is 2.09 bits per heavy atom. The maximum atomic E-state index is 14.2. The number of piperidine rings is 1. The normalized spacial score (nSPS) is 39.7. The van der Waals surface area contributed by atoms with Crippen molar-refractivity contribution in [3.8, 4) is 0 Å². The number of nitrogens with zero attached hydrogens (tertiary/aromatic N) is 1. The van der Waals surface area contributed by atoms with Crippen LogP contribution in [0.25, 0.3) is 0 Å². The zero-order chi connectivity index (χ0) is 22.7. The first-order chi connectivity index (χ1) is 15.4. The smallest absolute Gasteiger partial charge is 0.217 e. The van der Waals surface area contributed by atoms with E-state index in [-0.39, 0.29) is 29.4 Å². The van der Waals surface area contributed by atoms with Gasteiger partial charge >= 0.3 is 0 Å². The highest BCUT2D eigenvalue weighted by Crippen LogP contribution is 2.44. The van der Waals surface area contributed by atoms with E-state index in [2.05, 4.69) is 12.2 Å². The topological polar surface area (TPSA) is 67.9 Å². The van der Waals surface area contributed by atoms with Crippen molar-refractivity contribution in [3.05, 3.63) is 0 Å². The SMILES string of the molecule is COC1CC(C)CC(OC)C1CN(C1CCNCC1)S(=O)(=O)C1CCC2CCCCC2C1. The lowest BCUT2D eigenvalue weighted by molar-refractivity contribution is -0.0844. The average Bonchev–Trinajstić information content (AvgIpc) is 2.82. The average molecular weight is 471 g/mol. The first-order valence-corrected chi connectivity index (χ1v) is 14.7. The Labute approximate surface area is 196 Å². The fourth-order valence-electron chi connectivity index (χ4n) is 7.31. The Kier molecular flexibility index (Phi) is 8.58. The summed E-state index contributed by atoms with van der Waals surface area (Å²) in [5, 5.41) is 3.21. The molecule has 4 aliphatic rings. The number of hydrogen-bond acceptors (Lipinski definition) is 5. The van der Waals surface area contributed by atoms with E-state index >= 15 is 0 Å². The summed E-state index contributed by atoms with van der Waals surface area (Å²) >= 11 is 0. The largest absolute Gasteiger partial charge is 0.381 e. The summed E-state index contributed by atoms with van der Waals surface area (Å²) < 4.78 is 42.2. The van der Waals surface area contributed by atoms with Crippen molar-refractivity contribution in [2.24, 2.45) is 23.7 Å². The van der Waals surface area contributed by atoms with Gasteiger partial charge in [-0.2, -0.15) is 4.31 Å².